The number of halogens is 6. The van der Waals surface area contributed by atoms with E-state index in [1.165, 1.54) is 99.5 Å². The van der Waals surface area contributed by atoms with Crippen molar-refractivity contribution in [2.24, 2.45) is 7.05 Å². The van der Waals surface area contributed by atoms with Crippen LogP contribution in [0.3, 0.4) is 0 Å². The second-order valence-electron chi connectivity index (χ2n) is 17.0. The number of esters is 1. The van der Waals surface area contributed by atoms with Crippen molar-refractivity contribution in [3.63, 3.8) is 0 Å². The average molecular weight is 1410 g/mol. The molecule has 460 valence electrons. The number of aromatic nitrogens is 1. The first-order chi connectivity index (χ1) is 39.9. The van der Waals surface area contributed by atoms with E-state index in [1.54, 1.807) is 84.9 Å². The molecule has 8 aromatic rings. The number of aryl methyl sites for hydroxylation is 1. The molecular weight excluding hydrogens is 1350 g/mol. The van der Waals surface area contributed by atoms with Crippen molar-refractivity contribution in [1.82, 2.24) is 0 Å². The van der Waals surface area contributed by atoms with E-state index in [2.05, 4.69) is 31.9 Å². The number of benzene rings is 7. The first kappa shape index (κ1) is 76.5. The minimum atomic E-state index is -3.78. The number of para-hydroxylation sites is 4. The Hall–Kier alpha value is -7.51. The number of carbonyl (C=O) groups excluding carboxylic acids is 2. The second-order valence-corrected chi connectivity index (χ2v) is 26.2. The van der Waals surface area contributed by atoms with Crippen LogP contribution in [0.1, 0.15) is 26.3 Å². The SMILES string of the molecule is CN(c1ccccc1)S(=O)(=O)C#Cc1ccc(F)cc1.CN(c1ccccc1)S(=O)(=O)CC(=O)c1ccc(F)cc1.CN(c1ccccc1)S(C)(=O)=O.CNc1ccccc1.COC(=O)c1ccc(F)cc1.CS(=O)(=O)Cl.C[n+]1ccccc1Cl.[I-]. The van der Waals surface area contributed by atoms with Crippen LogP contribution in [0.2, 0.25) is 5.15 Å². The van der Waals surface area contributed by atoms with Crippen molar-refractivity contribution >= 4 is 95.9 Å². The number of ether oxygens (including phenoxy) is 1. The molecule has 0 radical (unpaired) electrons. The molecular formula is C60H63Cl2F3IN5O11S4. The number of nitrogens with zero attached hydrogens (tertiary/aromatic N) is 4. The minimum Gasteiger partial charge on any atom is -1.00 e. The maximum atomic E-state index is 12.8. The number of rotatable bonds is 11. The third-order valence-electron chi connectivity index (χ3n) is 10.6. The van der Waals surface area contributed by atoms with Gasteiger partial charge in [-0.1, -0.05) is 72.8 Å². The fourth-order valence-corrected chi connectivity index (χ4v) is 8.47. The van der Waals surface area contributed by atoms with Crippen molar-refractivity contribution in [2.45, 2.75) is 0 Å². The number of nitrogens with one attached hydrogen (secondary N) is 1. The Kier molecular flexibility index (Phi) is 34.3. The van der Waals surface area contributed by atoms with Gasteiger partial charge in [-0.3, -0.25) is 17.7 Å². The van der Waals surface area contributed by atoms with Crippen LogP contribution in [-0.2, 0) is 50.9 Å². The zero-order valence-corrected chi connectivity index (χ0v) is 54.6. The third kappa shape index (κ3) is 31.0. The molecule has 0 amide bonds. The summed E-state index contributed by atoms with van der Waals surface area (Å²) in [4.78, 5) is 22.8. The molecule has 8 rings (SSSR count). The van der Waals surface area contributed by atoms with Crippen LogP contribution >= 0.6 is 22.3 Å². The number of carbonyl (C=O) groups is 2. The van der Waals surface area contributed by atoms with Crippen molar-refractivity contribution in [2.75, 3.05) is 71.8 Å². The summed E-state index contributed by atoms with van der Waals surface area (Å²) in [5, 5.41) is 6.00. The predicted octanol–water partition coefficient (Wildman–Crippen LogP) is 7.85. The number of sulfonamides is 3. The highest BCUT2D eigenvalue weighted by Gasteiger charge is 2.23. The number of ketones is 1. The average Bonchev–Trinajstić information content (AvgIpc) is 3.68. The summed E-state index contributed by atoms with van der Waals surface area (Å²) in [6.07, 6.45) is 4.01. The van der Waals surface area contributed by atoms with Gasteiger partial charge in [0, 0.05) is 67.8 Å². The Bertz CT molecular complexity index is 3820. The van der Waals surface area contributed by atoms with Gasteiger partial charge >= 0.3 is 16.0 Å². The van der Waals surface area contributed by atoms with Gasteiger partial charge in [0.1, 0.15) is 30.3 Å². The lowest BCUT2D eigenvalue weighted by atomic mass is 10.1. The third-order valence-corrected chi connectivity index (χ3v) is 15.2. The van der Waals surface area contributed by atoms with Crippen LogP contribution in [0.15, 0.2) is 219 Å². The maximum Gasteiger partial charge on any atom is 0.337 e. The monoisotopic (exact) mass is 1410 g/mol. The molecule has 1 aromatic heterocycles. The highest BCUT2D eigenvalue weighted by Crippen LogP contribution is 2.18. The van der Waals surface area contributed by atoms with Crippen molar-refractivity contribution in [1.29, 1.82) is 0 Å². The Morgan fingerprint density at radius 3 is 1.26 bits per heavy atom. The Labute approximate surface area is 529 Å². The van der Waals surface area contributed by atoms with Gasteiger partial charge < -0.3 is 34.0 Å². The fraction of sp³-hybridized carbons (Fsp3) is 0.150. The molecule has 0 atom stereocenters. The van der Waals surface area contributed by atoms with Crippen molar-refractivity contribution in [3.05, 3.63) is 258 Å². The van der Waals surface area contributed by atoms with Gasteiger partial charge in [0.25, 0.3) is 5.15 Å². The number of Topliss-reactive ketones (excluding diaryl/α,β-unsaturated/α-hetero) is 1. The van der Waals surface area contributed by atoms with Gasteiger partial charge in [-0.25, -0.2) is 43.2 Å². The molecule has 16 nitrogen and oxygen atoms in total. The zero-order chi connectivity index (χ0) is 63.8. The highest BCUT2D eigenvalue weighted by molar-refractivity contribution is 8.13. The summed E-state index contributed by atoms with van der Waals surface area (Å²) in [6.45, 7) is 0. The van der Waals surface area contributed by atoms with Gasteiger partial charge in [0.05, 0.1) is 47.5 Å². The van der Waals surface area contributed by atoms with E-state index in [1.807, 2.05) is 79.5 Å². The zero-order valence-electron chi connectivity index (χ0n) is 47.7. The highest BCUT2D eigenvalue weighted by atomic mass is 127. The van der Waals surface area contributed by atoms with E-state index in [0.717, 1.165) is 37.8 Å². The minimum absolute atomic E-state index is 0. The quantitative estimate of drug-likeness (QED) is 0.0250. The lowest BCUT2D eigenvalue weighted by Gasteiger charge is -2.18. The van der Waals surface area contributed by atoms with Gasteiger partial charge in [0.2, 0.25) is 29.1 Å². The standard InChI is InChI=1S/C15H14FNO3S.C15H12FNO2S.C8H7FO2.C8H11NO2S.C7H9N.C6H7ClN.CH3ClO2S.HI/c1-17(14-5-3-2-4-6-14)21(19,20)11-15(18)12-7-9-13(16)10-8-12;1-17(15-5-3-2-4-6-15)20(18,19)12-11-13-7-9-14(16)10-8-13;1-11-8(10)6-2-4-7(9)5-3-6;1-9(12(2,10)11)8-6-4-3-5-7-8;1-8-7-5-3-2-4-6-7;1-8-5-3-2-4-6(8)7;1-5(2,3)4;/h2-10H,11H2,1H3;2-10H,1H3;2-5H,1H3;3-7H,1-2H3;2-6,8H,1H3;2-5H,1H3;1H3;1H/q;;;;;+1;;/p-1. The topological polar surface area (TPSA) is 206 Å². The van der Waals surface area contributed by atoms with Crippen LogP contribution < -0.4 is 46.8 Å². The summed E-state index contributed by atoms with van der Waals surface area (Å²) >= 11 is 5.67. The Balaban J connectivity index is 0.000000525. The molecule has 0 aliphatic heterocycles. The lowest BCUT2D eigenvalue weighted by Crippen LogP contribution is -3.00. The molecule has 1 N–H and O–H groups in total. The molecule has 0 bridgehead atoms. The van der Waals surface area contributed by atoms with Crippen LogP contribution in [0.5, 0.6) is 0 Å². The van der Waals surface area contributed by atoms with Crippen LogP contribution in [0, 0.1) is 28.6 Å². The second kappa shape index (κ2) is 38.5. The molecule has 0 aliphatic carbocycles. The first-order valence-corrected chi connectivity index (χ1v) is 32.6. The molecule has 86 heavy (non-hydrogen) atoms. The number of anilines is 4. The summed E-state index contributed by atoms with van der Waals surface area (Å²) in [5.41, 5.74) is 3.81. The number of hydrogen-bond donors (Lipinski definition) is 1. The summed E-state index contributed by atoms with van der Waals surface area (Å²) in [6, 6.07) is 57.1. The van der Waals surface area contributed by atoms with E-state index < -0.39 is 62.4 Å². The molecule has 1 heterocycles. The van der Waals surface area contributed by atoms with Crippen molar-refractivity contribution in [3.8, 4) is 11.2 Å². The van der Waals surface area contributed by atoms with E-state index in [-0.39, 0.29) is 41.2 Å². The van der Waals surface area contributed by atoms with Crippen LogP contribution in [0.25, 0.3) is 0 Å². The predicted molar refractivity (Wildman–Crippen MR) is 333 cm³/mol. The Morgan fingerprint density at radius 1 is 0.547 bits per heavy atom. The summed E-state index contributed by atoms with van der Waals surface area (Å²) < 4.78 is 137. The van der Waals surface area contributed by atoms with E-state index in [4.69, 9.17) is 11.6 Å². The number of pyridine rings is 1. The van der Waals surface area contributed by atoms with E-state index in [0.29, 0.717) is 28.2 Å². The van der Waals surface area contributed by atoms with Crippen molar-refractivity contribution < 1.29 is 89.7 Å². The molecule has 26 heteroatoms. The fourth-order valence-electron chi connectivity index (χ4n) is 5.92. The largest absolute Gasteiger partial charge is 1.00 e. The molecule has 0 saturated heterocycles. The summed E-state index contributed by atoms with van der Waals surface area (Å²) in [7, 11) is 0.120. The maximum absolute atomic E-state index is 12.8. The Morgan fingerprint density at radius 2 is 0.907 bits per heavy atom. The first-order valence-electron chi connectivity index (χ1n) is 24.6. The van der Waals surface area contributed by atoms with Gasteiger partial charge in [-0.05, 0) is 145 Å². The smallest absolute Gasteiger partial charge is 0.337 e. The van der Waals surface area contributed by atoms with Crippen LogP contribution in [-0.4, -0.2) is 99.0 Å². The molecule has 0 spiro atoms. The molecule has 0 fully saturated rings. The van der Waals surface area contributed by atoms with Gasteiger partial charge in [-0.2, -0.15) is 13.0 Å². The normalized spacial score (nSPS) is 10.2. The number of hydrogen-bond acceptors (Lipinski definition) is 12. The van der Waals surface area contributed by atoms with E-state index in [9.17, 15) is 56.4 Å². The molecule has 0 saturated carbocycles. The summed E-state index contributed by atoms with van der Waals surface area (Å²) in [5.74, 6) is -0.400. The number of methoxy groups -OCH3 is 1. The molecule has 0 aliphatic rings. The van der Waals surface area contributed by atoms with Gasteiger partial charge in [-0.15, -0.1) is 0 Å². The van der Waals surface area contributed by atoms with E-state index >= 15 is 0 Å². The van der Waals surface area contributed by atoms with Crippen LogP contribution in [0.4, 0.5) is 35.9 Å². The molecule has 0 unspecified atom stereocenters. The lowest BCUT2D eigenvalue weighted by molar-refractivity contribution is -0.669. The van der Waals surface area contributed by atoms with Gasteiger partial charge in [0.15, 0.2) is 12.0 Å². The molecule has 7 aromatic carbocycles.